The lowest BCUT2D eigenvalue weighted by Crippen LogP contribution is -2.16. The number of nitro groups is 1. The lowest BCUT2D eigenvalue weighted by molar-refractivity contribution is -0.386. The molecule has 1 aromatic rings. The van der Waals surface area contributed by atoms with Crippen LogP contribution in [0.15, 0.2) is 16.6 Å². The molecule has 6 heteroatoms. The lowest BCUT2D eigenvalue weighted by Gasteiger charge is -2.17. The summed E-state index contributed by atoms with van der Waals surface area (Å²) in [6.07, 6.45) is 0. The molecule has 0 bridgehead atoms. The Balaban J connectivity index is 2.58. The molecule has 0 saturated heterocycles. The second-order valence-corrected chi connectivity index (χ2v) is 3.62. The molecule has 2 rings (SSSR count). The van der Waals surface area contributed by atoms with Crippen LogP contribution in [-0.4, -0.2) is 18.1 Å². The van der Waals surface area contributed by atoms with Gasteiger partial charge in [-0.25, -0.2) is 0 Å². The summed E-state index contributed by atoms with van der Waals surface area (Å²) >= 11 is 3.17. The predicted octanol–water partition coefficient (Wildman–Crippen LogP) is 2.13. The van der Waals surface area contributed by atoms with Gasteiger partial charge in [-0.05, 0) is 6.07 Å². The van der Waals surface area contributed by atoms with Crippen molar-refractivity contribution in [1.29, 1.82) is 0 Å². The van der Waals surface area contributed by atoms with Gasteiger partial charge < -0.3 is 9.47 Å². The molecule has 0 aliphatic carbocycles. The SMILES string of the molecule is O=[N+]([O-])c1cc(Br)cc2c1OCCO2. The van der Waals surface area contributed by atoms with E-state index in [-0.39, 0.29) is 11.4 Å². The van der Waals surface area contributed by atoms with Gasteiger partial charge >= 0.3 is 5.69 Å². The molecular weight excluding hydrogens is 254 g/mol. The molecule has 0 N–H and O–H groups in total. The number of nitrogens with zero attached hydrogens (tertiary/aromatic N) is 1. The fourth-order valence-electron chi connectivity index (χ4n) is 1.24. The van der Waals surface area contributed by atoms with Crippen molar-refractivity contribution < 1.29 is 14.4 Å². The summed E-state index contributed by atoms with van der Waals surface area (Å²) in [5, 5.41) is 10.7. The number of nitro benzene ring substituents is 1. The highest BCUT2D eigenvalue weighted by molar-refractivity contribution is 9.10. The van der Waals surface area contributed by atoms with E-state index in [1.165, 1.54) is 6.07 Å². The first-order valence-corrected chi connectivity index (χ1v) is 4.71. The molecule has 5 nitrogen and oxygen atoms in total. The average Bonchev–Trinajstić information content (AvgIpc) is 2.16. The zero-order chi connectivity index (χ0) is 10.1. The van der Waals surface area contributed by atoms with Crippen LogP contribution in [0.25, 0.3) is 0 Å². The van der Waals surface area contributed by atoms with Crippen molar-refractivity contribution in [3.05, 3.63) is 26.7 Å². The molecule has 0 radical (unpaired) electrons. The molecule has 0 saturated carbocycles. The van der Waals surface area contributed by atoms with E-state index in [2.05, 4.69) is 15.9 Å². The maximum Gasteiger partial charge on any atom is 0.316 e. The molecule has 1 heterocycles. The molecule has 14 heavy (non-hydrogen) atoms. The van der Waals surface area contributed by atoms with Crippen LogP contribution < -0.4 is 9.47 Å². The van der Waals surface area contributed by atoms with Gasteiger partial charge in [0.15, 0.2) is 5.75 Å². The summed E-state index contributed by atoms with van der Waals surface area (Å²) < 4.78 is 11.0. The van der Waals surface area contributed by atoms with Gasteiger partial charge in [-0.15, -0.1) is 0 Å². The van der Waals surface area contributed by atoms with Gasteiger partial charge in [-0.2, -0.15) is 0 Å². The largest absolute Gasteiger partial charge is 0.486 e. The van der Waals surface area contributed by atoms with Crippen LogP contribution in [0.1, 0.15) is 0 Å². The van der Waals surface area contributed by atoms with Crippen LogP contribution in [0.5, 0.6) is 11.5 Å². The summed E-state index contributed by atoms with van der Waals surface area (Å²) in [5.41, 5.74) is -0.0749. The normalized spacial score (nSPS) is 13.8. The summed E-state index contributed by atoms with van der Waals surface area (Å²) in [6, 6.07) is 3.05. The maximum atomic E-state index is 10.7. The molecule has 0 fully saturated rings. The molecule has 0 atom stereocenters. The minimum Gasteiger partial charge on any atom is -0.486 e. The van der Waals surface area contributed by atoms with Gasteiger partial charge in [-0.3, -0.25) is 10.1 Å². The highest BCUT2D eigenvalue weighted by Gasteiger charge is 2.24. The van der Waals surface area contributed by atoms with E-state index in [0.29, 0.717) is 23.4 Å². The number of hydrogen-bond donors (Lipinski definition) is 0. The number of ether oxygens (including phenoxy) is 2. The van der Waals surface area contributed by atoms with E-state index in [9.17, 15) is 10.1 Å². The second kappa shape index (κ2) is 3.45. The molecular formula is C8H6BrNO4. The molecule has 1 aromatic carbocycles. The van der Waals surface area contributed by atoms with E-state index >= 15 is 0 Å². The monoisotopic (exact) mass is 259 g/mol. The maximum absolute atomic E-state index is 10.7. The minimum atomic E-state index is -0.488. The Morgan fingerprint density at radius 2 is 2.07 bits per heavy atom. The summed E-state index contributed by atoms with van der Waals surface area (Å²) in [6.45, 7) is 0.760. The van der Waals surface area contributed by atoms with Crippen LogP contribution in [0, 0.1) is 10.1 Å². The Hall–Kier alpha value is -1.30. The number of hydrogen-bond acceptors (Lipinski definition) is 4. The Bertz CT molecular complexity index is 393. The average molecular weight is 260 g/mol. The second-order valence-electron chi connectivity index (χ2n) is 2.71. The Kier molecular flexibility index (Phi) is 2.28. The first kappa shape index (κ1) is 9.26. The molecule has 1 aliphatic heterocycles. The fraction of sp³-hybridized carbons (Fsp3) is 0.250. The first-order valence-electron chi connectivity index (χ1n) is 3.92. The van der Waals surface area contributed by atoms with Crippen molar-refractivity contribution in [1.82, 2.24) is 0 Å². The molecule has 0 aromatic heterocycles. The summed E-state index contributed by atoms with van der Waals surface area (Å²) in [4.78, 5) is 10.2. The van der Waals surface area contributed by atoms with Crippen molar-refractivity contribution >= 4 is 21.6 Å². The zero-order valence-electron chi connectivity index (χ0n) is 7.03. The molecule has 1 aliphatic rings. The van der Waals surface area contributed by atoms with E-state index in [1.807, 2.05) is 0 Å². The molecule has 74 valence electrons. The third-order valence-corrected chi connectivity index (χ3v) is 2.24. The van der Waals surface area contributed by atoms with E-state index < -0.39 is 4.92 Å². The number of benzene rings is 1. The van der Waals surface area contributed by atoms with Crippen molar-refractivity contribution in [2.75, 3.05) is 13.2 Å². The van der Waals surface area contributed by atoms with Gasteiger partial charge in [0.2, 0.25) is 5.75 Å². The van der Waals surface area contributed by atoms with Gasteiger partial charge in [0, 0.05) is 10.5 Å². The molecule has 0 spiro atoms. The van der Waals surface area contributed by atoms with E-state index in [1.54, 1.807) is 6.07 Å². The molecule has 0 unspecified atom stereocenters. The van der Waals surface area contributed by atoms with Crippen molar-refractivity contribution in [2.24, 2.45) is 0 Å². The van der Waals surface area contributed by atoms with Crippen LogP contribution >= 0.6 is 15.9 Å². The van der Waals surface area contributed by atoms with Crippen LogP contribution in [0.3, 0.4) is 0 Å². The quantitative estimate of drug-likeness (QED) is 0.573. The van der Waals surface area contributed by atoms with E-state index in [4.69, 9.17) is 9.47 Å². The minimum absolute atomic E-state index is 0.0749. The predicted molar refractivity (Wildman–Crippen MR) is 51.8 cm³/mol. The van der Waals surface area contributed by atoms with Gasteiger partial charge in [0.25, 0.3) is 0 Å². The van der Waals surface area contributed by atoms with Crippen LogP contribution in [0.2, 0.25) is 0 Å². The number of halogens is 1. The van der Waals surface area contributed by atoms with Gasteiger partial charge in [0.05, 0.1) is 4.92 Å². The van der Waals surface area contributed by atoms with E-state index in [0.717, 1.165) is 0 Å². The van der Waals surface area contributed by atoms with Crippen molar-refractivity contribution in [2.45, 2.75) is 0 Å². The number of rotatable bonds is 1. The Morgan fingerprint density at radius 1 is 1.36 bits per heavy atom. The smallest absolute Gasteiger partial charge is 0.316 e. The summed E-state index contributed by atoms with van der Waals surface area (Å²) in [5.74, 6) is 0.627. The van der Waals surface area contributed by atoms with Crippen molar-refractivity contribution in [3.63, 3.8) is 0 Å². The highest BCUT2D eigenvalue weighted by atomic mass is 79.9. The zero-order valence-corrected chi connectivity index (χ0v) is 8.61. The fourth-order valence-corrected chi connectivity index (χ4v) is 1.66. The highest BCUT2D eigenvalue weighted by Crippen LogP contribution is 2.41. The topological polar surface area (TPSA) is 61.6 Å². The third kappa shape index (κ3) is 1.52. The third-order valence-electron chi connectivity index (χ3n) is 1.78. The Labute approximate surface area is 87.9 Å². The summed E-state index contributed by atoms with van der Waals surface area (Å²) in [7, 11) is 0. The van der Waals surface area contributed by atoms with Crippen molar-refractivity contribution in [3.8, 4) is 11.5 Å². The van der Waals surface area contributed by atoms with Crippen LogP contribution in [-0.2, 0) is 0 Å². The molecule has 0 amide bonds. The van der Waals surface area contributed by atoms with Gasteiger partial charge in [-0.1, -0.05) is 15.9 Å². The standard InChI is InChI=1S/C8H6BrNO4/c9-5-3-6(10(11)12)8-7(4-5)13-1-2-14-8/h3-4H,1-2H2. The Morgan fingerprint density at radius 3 is 2.79 bits per heavy atom. The first-order chi connectivity index (χ1) is 6.68. The lowest BCUT2D eigenvalue weighted by atomic mass is 10.2. The number of fused-ring (bicyclic) bond motifs is 1. The van der Waals surface area contributed by atoms with Gasteiger partial charge in [0.1, 0.15) is 13.2 Å². The van der Waals surface area contributed by atoms with Crippen LogP contribution in [0.4, 0.5) is 5.69 Å².